The molecule has 0 atom stereocenters. The average molecular weight is 1260 g/mol. The van der Waals surface area contributed by atoms with E-state index in [0.29, 0.717) is 62.3 Å². The largest absolute Gasteiger partial charge is 0.497 e. The summed E-state index contributed by atoms with van der Waals surface area (Å²) in [5.41, 5.74) is 9.64. The first-order chi connectivity index (χ1) is 41.0. The van der Waals surface area contributed by atoms with Crippen molar-refractivity contribution < 1.29 is 45.4 Å². The van der Waals surface area contributed by atoms with Crippen LogP contribution in [0.15, 0.2) is 131 Å². The van der Waals surface area contributed by atoms with Crippen LogP contribution in [0, 0.1) is 0 Å². The minimum absolute atomic E-state index is 0.00517. The Balaban J connectivity index is 0.000000269. The SMILES string of the molecule is CNCCN(C)C.COc1cc(Nc2nc3cccnc3nc2CS(=O)(=O)c2cccc(CC(=O)CN(C)CCN(C)C)c2)cc(OC)c1.COc1cc(Nc2nc3cccnc3nc2NS(=O)(=O)c2cccc(N)c2)cc(OC)c1.O=C(Cl)CCl. The maximum Gasteiger partial charge on any atom is 0.263 e. The van der Waals surface area contributed by atoms with Gasteiger partial charge in [0.05, 0.1) is 50.7 Å². The summed E-state index contributed by atoms with van der Waals surface area (Å²) in [5, 5.41) is 8.82. The van der Waals surface area contributed by atoms with E-state index < -0.39 is 30.9 Å². The molecule has 0 saturated heterocycles. The van der Waals surface area contributed by atoms with Gasteiger partial charge in [-0.2, -0.15) is 0 Å². The third kappa shape index (κ3) is 22.1. The van der Waals surface area contributed by atoms with Gasteiger partial charge in [0.1, 0.15) is 45.5 Å². The van der Waals surface area contributed by atoms with Crippen LogP contribution in [0.5, 0.6) is 23.0 Å². The maximum atomic E-state index is 13.7. The summed E-state index contributed by atoms with van der Waals surface area (Å²) in [6.07, 6.45) is 3.26. The quantitative estimate of drug-likeness (QED) is 0.0213. The molecule has 0 radical (unpaired) electrons. The number of rotatable bonds is 25. The lowest BCUT2D eigenvalue weighted by atomic mass is 10.1. The van der Waals surface area contributed by atoms with Crippen LogP contribution in [0.3, 0.4) is 0 Å². The van der Waals surface area contributed by atoms with Crippen molar-refractivity contribution in [2.45, 2.75) is 22.0 Å². The summed E-state index contributed by atoms with van der Waals surface area (Å²) in [6, 6.07) is 29.7. The standard InChI is InChI=1S/C30H36N6O5S.C21H20N6O4S.C5H14N2.C2H2Cl2O/c1-35(2)12-13-36(3)19-23(37)14-21-8-6-9-26(15-21)42(38,39)20-28-30(33-27-10-7-11-31-29(27)34-28)32-22-16-24(40-4)18-25(17-22)41-5;1-30-15-10-14(11-16(12-15)31-2)24-20-21(26-19-18(25-20)7-4-8-23-19)27-32(28,29)17-6-3-5-13(22)9-17;1-6-4-5-7(2)3;3-1-2(4)5/h6-11,15-18H,12-14,19-20H2,1-5H3,(H,32,33);3-12H,22H2,1-2H3,(H,24,25)(H,23,26,27);6H,4-5H2,1-3H3;1H2. The average Bonchev–Trinajstić information content (AvgIpc) is 2.08. The smallest absolute Gasteiger partial charge is 0.263 e. The molecule has 28 heteroatoms. The van der Waals surface area contributed by atoms with Gasteiger partial charge in [-0.15, -0.1) is 11.6 Å². The Kier molecular flexibility index (Phi) is 26.8. The van der Waals surface area contributed by atoms with Crippen LogP contribution in [0.2, 0.25) is 0 Å². The number of sulfonamides is 1. The molecule has 0 aliphatic carbocycles. The van der Waals surface area contributed by atoms with Crippen molar-refractivity contribution in [1.29, 1.82) is 0 Å². The highest BCUT2D eigenvalue weighted by Crippen LogP contribution is 2.33. The first-order valence-corrected chi connectivity index (χ1v) is 30.4. The summed E-state index contributed by atoms with van der Waals surface area (Å²) in [5.74, 6) is 2.09. The molecule has 8 aromatic rings. The van der Waals surface area contributed by atoms with E-state index in [4.69, 9.17) is 47.9 Å². The van der Waals surface area contributed by atoms with E-state index in [1.165, 1.54) is 32.4 Å². The fourth-order valence-corrected chi connectivity index (χ4v) is 9.97. The van der Waals surface area contributed by atoms with E-state index in [9.17, 15) is 26.4 Å². The molecule has 86 heavy (non-hydrogen) atoms. The molecule has 4 aromatic carbocycles. The molecule has 4 aromatic heterocycles. The summed E-state index contributed by atoms with van der Waals surface area (Å²) in [4.78, 5) is 54.9. The zero-order valence-electron chi connectivity index (χ0n) is 49.5. The van der Waals surface area contributed by atoms with Gasteiger partial charge in [0.25, 0.3) is 10.0 Å². The number of carbonyl (C=O) groups excluding carboxylic acids is 2. The molecule has 460 valence electrons. The van der Waals surface area contributed by atoms with Crippen LogP contribution in [-0.2, 0) is 41.6 Å². The molecule has 0 aliphatic heterocycles. The minimum atomic E-state index is -3.99. The van der Waals surface area contributed by atoms with Crippen LogP contribution < -0.4 is 45.4 Å². The Hall–Kier alpha value is -8.08. The number of Topliss-reactive ketones (excluding diaryl/α,β-unsaturated/α-hetero) is 1. The van der Waals surface area contributed by atoms with Gasteiger partial charge >= 0.3 is 0 Å². The number of carbonyl (C=O) groups is 2. The Labute approximate surface area is 511 Å². The highest BCUT2D eigenvalue weighted by Gasteiger charge is 2.23. The Morgan fingerprint density at radius 2 is 1.12 bits per heavy atom. The molecule has 0 spiro atoms. The van der Waals surface area contributed by atoms with Crippen LogP contribution in [0.4, 0.5) is 34.5 Å². The van der Waals surface area contributed by atoms with Crippen molar-refractivity contribution >= 4 is 111 Å². The number of anilines is 6. The molecule has 0 unspecified atom stereocenters. The number of nitrogens with two attached hydrogens (primary N) is 1. The first-order valence-electron chi connectivity index (χ1n) is 26.3. The van der Waals surface area contributed by atoms with Gasteiger partial charge in [-0.25, -0.2) is 46.7 Å². The second kappa shape index (κ2) is 33.6. The summed E-state index contributed by atoms with van der Waals surface area (Å²) in [7, 11) is 10.3. The van der Waals surface area contributed by atoms with Gasteiger partial charge in [0, 0.05) is 98.5 Å². The molecule has 0 bridgehead atoms. The fourth-order valence-electron chi connectivity index (χ4n) is 7.56. The Morgan fingerprint density at radius 1 is 0.605 bits per heavy atom. The lowest BCUT2D eigenvalue weighted by molar-refractivity contribution is -0.119. The number of ether oxygens (including phenoxy) is 4. The van der Waals surface area contributed by atoms with E-state index in [1.807, 2.05) is 33.1 Å². The summed E-state index contributed by atoms with van der Waals surface area (Å²) in [6.45, 7) is 4.08. The zero-order valence-corrected chi connectivity index (χ0v) is 52.6. The van der Waals surface area contributed by atoms with Crippen molar-refractivity contribution in [2.24, 2.45) is 0 Å². The van der Waals surface area contributed by atoms with Crippen LogP contribution >= 0.6 is 23.2 Å². The van der Waals surface area contributed by atoms with Crippen LogP contribution in [0.1, 0.15) is 11.3 Å². The normalized spacial score (nSPS) is 11.2. The van der Waals surface area contributed by atoms with Gasteiger partial charge in [-0.05, 0) is 114 Å². The molecule has 0 amide bonds. The number of hydrogen-bond donors (Lipinski definition) is 5. The predicted octanol–water partition coefficient (Wildman–Crippen LogP) is 7.29. The van der Waals surface area contributed by atoms with Crippen LogP contribution in [0.25, 0.3) is 22.3 Å². The molecule has 0 aliphatic rings. The third-order valence-electron chi connectivity index (χ3n) is 11.9. The molecule has 4 heterocycles. The van der Waals surface area contributed by atoms with E-state index in [0.717, 1.165) is 26.2 Å². The van der Waals surface area contributed by atoms with E-state index in [-0.39, 0.29) is 63.2 Å². The number of sulfone groups is 1. The van der Waals surface area contributed by atoms with E-state index in [2.05, 4.69) is 74.5 Å². The number of fused-ring (bicyclic) bond motifs is 2. The number of halogens is 2. The molecule has 0 saturated carbocycles. The van der Waals surface area contributed by atoms with Crippen molar-refractivity contribution in [1.82, 2.24) is 49.9 Å². The predicted molar refractivity (Wildman–Crippen MR) is 338 cm³/mol. The number of alkyl halides is 1. The van der Waals surface area contributed by atoms with Crippen molar-refractivity contribution in [2.75, 3.05) is 130 Å². The number of nitrogens with zero attached hydrogens (tertiary/aromatic N) is 9. The minimum Gasteiger partial charge on any atom is -0.497 e. The van der Waals surface area contributed by atoms with Gasteiger partial charge in [-0.3, -0.25) is 19.2 Å². The first kappa shape index (κ1) is 68.7. The number of likely N-dealkylation sites (N-methyl/N-ethyl adjacent to an activating group) is 4. The maximum absolute atomic E-state index is 13.7. The van der Waals surface area contributed by atoms with Gasteiger partial charge in [0.15, 0.2) is 44.4 Å². The molecular formula is C58H72Cl2N14O10S2. The summed E-state index contributed by atoms with van der Waals surface area (Å²) < 4.78 is 77.1. The van der Waals surface area contributed by atoms with Gasteiger partial charge < -0.3 is 50.4 Å². The Morgan fingerprint density at radius 3 is 1.62 bits per heavy atom. The van der Waals surface area contributed by atoms with Gasteiger partial charge in [0.2, 0.25) is 5.24 Å². The molecular weight excluding hydrogens is 1190 g/mol. The molecule has 24 nitrogen and oxygen atoms in total. The van der Waals surface area contributed by atoms with Gasteiger partial charge in [-0.1, -0.05) is 18.2 Å². The second-order valence-corrected chi connectivity index (χ2v) is 23.7. The van der Waals surface area contributed by atoms with Crippen molar-refractivity contribution in [3.63, 3.8) is 0 Å². The number of methoxy groups -OCH3 is 4. The van der Waals surface area contributed by atoms with Crippen LogP contribution in [-0.4, -0.2) is 182 Å². The summed E-state index contributed by atoms with van der Waals surface area (Å²) >= 11 is 9.55. The number of aromatic nitrogens is 6. The highest BCUT2D eigenvalue weighted by atomic mass is 35.5. The van der Waals surface area contributed by atoms with Crippen molar-refractivity contribution in [3.05, 3.63) is 133 Å². The number of benzene rings is 4. The topological polar surface area (TPSA) is 301 Å². The fraction of sp³-hybridized carbons (Fsp3) is 0.310. The van der Waals surface area contributed by atoms with E-state index in [1.54, 1.807) is 118 Å². The van der Waals surface area contributed by atoms with Crippen molar-refractivity contribution in [3.8, 4) is 23.0 Å². The zero-order chi connectivity index (χ0) is 63.0. The lowest BCUT2D eigenvalue weighted by Crippen LogP contribution is -2.33. The monoisotopic (exact) mass is 1260 g/mol. The number of ketones is 1. The number of nitrogen functional groups attached to an aromatic ring is 1. The number of hydrogen-bond acceptors (Lipinski definition) is 23. The van der Waals surface area contributed by atoms with E-state index >= 15 is 0 Å². The second-order valence-electron chi connectivity index (χ2n) is 19.3. The highest BCUT2D eigenvalue weighted by molar-refractivity contribution is 7.92. The number of nitrogens with one attached hydrogen (secondary N) is 4. The lowest BCUT2D eigenvalue weighted by Gasteiger charge is -2.18. The third-order valence-corrected chi connectivity index (χ3v) is 15.3. The molecule has 6 N–H and O–H groups in total. The Bertz CT molecular complexity index is 3730. The number of pyridine rings is 2. The molecule has 0 fully saturated rings. The molecule has 8 rings (SSSR count).